The molecule has 0 saturated carbocycles. The average Bonchev–Trinajstić information content (AvgIpc) is 2.59. The Hall–Kier alpha value is -2.48. The van der Waals surface area contributed by atoms with Crippen molar-refractivity contribution in [2.45, 2.75) is 6.92 Å². The first kappa shape index (κ1) is 10.1. The Balaban J connectivity index is 2.21. The number of nitrogens with zero attached hydrogens (tertiary/aromatic N) is 2. The van der Waals surface area contributed by atoms with Crippen LogP contribution in [-0.2, 0) is 0 Å². The van der Waals surface area contributed by atoms with Crippen LogP contribution in [-0.4, -0.2) is 9.97 Å². The molecule has 0 fully saturated rings. The van der Waals surface area contributed by atoms with Gasteiger partial charge in [-0.3, -0.25) is 0 Å². The van der Waals surface area contributed by atoms with E-state index in [1.54, 1.807) is 12.1 Å². The zero-order valence-electron chi connectivity index (χ0n) is 8.78. The smallest absolute Gasteiger partial charge is 0.173 e. The maximum absolute atomic E-state index is 8.66. The summed E-state index contributed by atoms with van der Waals surface area (Å²) in [5.41, 5.74) is 7.18. The number of H-pyrrole nitrogens is 1. The molecule has 1 heterocycles. The molecule has 0 unspecified atom stereocenters. The van der Waals surface area contributed by atoms with Gasteiger partial charge in [-0.2, -0.15) is 5.26 Å². The number of aryl methyl sites for hydroxylation is 1. The highest BCUT2D eigenvalue weighted by Gasteiger charge is 2.04. The van der Waals surface area contributed by atoms with E-state index < -0.39 is 0 Å². The van der Waals surface area contributed by atoms with Crippen LogP contribution < -0.4 is 11.1 Å². The van der Waals surface area contributed by atoms with Gasteiger partial charge in [0.25, 0.3) is 0 Å². The van der Waals surface area contributed by atoms with E-state index in [2.05, 4.69) is 21.4 Å². The molecule has 16 heavy (non-hydrogen) atoms. The number of benzene rings is 1. The minimum absolute atomic E-state index is 0.502. The number of aromatic amines is 1. The van der Waals surface area contributed by atoms with Crippen LogP contribution in [0.1, 0.15) is 11.4 Å². The molecular weight excluding hydrogens is 202 g/mol. The molecule has 0 atom stereocenters. The first-order chi connectivity index (χ1) is 7.69. The van der Waals surface area contributed by atoms with Crippen LogP contribution >= 0.6 is 0 Å². The molecule has 0 saturated heterocycles. The van der Waals surface area contributed by atoms with E-state index in [0.29, 0.717) is 17.2 Å². The lowest BCUT2D eigenvalue weighted by Crippen LogP contribution is -1.95. The monoisotopic (exact) mass is 213 g/mol. The number of rotatable bonds is 2. The van der Waals surface area contributed by atoms with Gasteiger partial charge in [-0.15, -0.1) is 0 Å². The maximum atomic E-state index is 8.66. The van der Waals surface area contributed by atoms with Crippen LogP contribution in [0.3, 0.4) is 0 Å². The summed E-state index contributed by atoms with van der Waals surface area (Å²) in [4.78, 5) is 7.09. The molecule has 5 nitrogen and oxygen atoms in total. The normalized spacial score (nSPS) is 9.75. The van der Waals surface area contributed by atoms with Gasteiger partial charge in [0.15, 0.2) is 5.82 Å². The number of anilines is 3. The lowest BCUT2D eigenvalue weighted by atomic mass is 10.2. The second-order valence-electron chi connectivity index (χ2n) is 3.40. The van der Waals surface area contributed by atoms with E-state index in [-0.39, 0.29) is 0 Å². The Bertz CT molecular complexity index is 532. The number of nitriles is 1. The van der Waals surface area contributed by atoms with Gasteiger partial charge in [0.1, 0.15) is 11.6 Å². The van der Waals surface area contributed by atoms with Crippen molar-refractivity contribution in [2.75, 3.05) is 11.1 Å². The van der Waals surface area contributed by atoms with Crippen molar-refractivity contribution in [3.8, 4) is 6.07 Å². The molecule has 2 rings (SSSR count). The molecule has 0 aliphatic rings. The first-order valence-corrected chi connectivity index (χ1v) is 4.78. The number of nitrogens with two attached hydrogens (primary N) is 1. The molecule has 0 radical (unpaired) electrons. The molecule has 0 bridgehead atoms. The van der Waals surface area contributed by atoms with Gasteiger partial charge in [-0.05, 0) is 31.2 Å². The summed E-state index contributed by atoms with van der Waals surface area (Å²) < 4.78 is 0. The van der Waals surface area contributed by atoms with Crippen molar-refractivity contribution in [2.24, 2.45) is 0 Å². The second-order valence-corrected chi connectivity index (χ2v) is 3.40. The number of imidazole rings is 1. The highest BCUT2D eigenvalue weighted by Crippen LogP contribution is 2.20. The van der Waals surface area contributed by atoms with Gasteiger partial charge in [0.05, 0.1) is 11.6 Å². The van der Waals surface area contributed by atoms with Crippen LogP contribution in [0.5, 0.6) is 0 Å². The van der Waals surface area contributed by atoms with Crippen molar-refractivity contribution >= 4 is 17.3 Å². The van der Waals surface area contributed by atoms with E-state index in [1.165, 1.54) is 0 Å². The van der Waals surface area contributed by atoms with E-state index in [4.69, 9.17) is 11.0 Å². The summed E-state index contributed by atoms with van der Waals surface area (Å²) in [6, 6.07) is 9.14. The largest absolute Gasteiger partial charge is 0.382 e. The fraction of sp³-hybridized carbons (Fsp3) is 0.0909. The molecule has 2 aromatic rings. The first-order valence-electron chi connectivity index (χ1n) is 4.78. The summed E-state index contributed by atoms with van der Waals surface area (Å²) in [5.74, 6) is 1.86. The number of hydrogen-bond donors (Lipinski definition) is 3. The third kappa shape index (κ3) is 1.96. The van der Waals surface area contributed by atoms with Crippen molar-refractivity contribution in [3.05, 3.63) is 35.7 Å². The topological polar surface area (TPSA) is 90.5 Å². The minimum atomic E-state index is 0.502. The minimum Gasteiger partial charge on any atom is -0.382 e. The Morgan fingerprint density at radius 3 is 2.56 bits per heavy atom. The lowest BCUT2D eigenvalue weighted by molar-refractivity contribution is 1.15. The summed E-state index contributed by atoms with van der Waals surface area (Å²) in [5, 5.41) is 11.7. The molecule has 80 valence electrons. The predicted molar refractivity (Wildman–Crippen MR) is 62.2 cm³/mol. The van der Waals surface area contributed by atoms with Crippen molar-refractivity contribution in [3.63, 3.8) is 0 Å². The number of aromatic nitrogens is 2. The fourth-order valence-corrected chi connectivity index (χ4v) is 1.37. The van der Waals surface area contributed by atoms with Crippen molar-refractivity contribution in [1.29, 1.82) is 5.26 Å². The van der Waals surface area contributed by atoms with Crippen molar-refractivity contribution < 1.29 is 0 Å². The number of nitrogen functional groups attached to an aromatic ring is 1. The maximum Gasteiger partial charge on any atom is 0.173 e. The van der Waals surface area contributed by atoms with Gasteiger partial charge in [0.2, 0.25) is 0 Å². The molecule has 4 N–H and O–H groups in total. The summed E-state index contributed by atoms with van der Waals surface area (Å²) in [6.07, 6.45) is 0. The molecule has 0 spiro atoms. The van der Waals surface area contributed by atoms with E-state index in [1.807, 2.05) is 19.1 Å². The van der Waals surface area contributed by atoms with Gasteiger partial charge >= 0.3 is 0 Å². The molecule has 1 aromatic carbocycles. The zero-order chi connectivity index (χ0) is 11.5. The quantitative estimate of drug-likeness (QED) is 0.710. The van der Waals surface area contributed by atoms with Crippen molar-refractivity contribution in [1.82, 2.24) is 9.97 Å². The third-order valence-corrected chi connectivity index (χ3v) is 2.13. The van der Waals surface area contributed by atoms with Crippen LogP contribution in [0.15, 0.2) is 24.3 Å². The van der Waals surface area contributed by atoms with Crippen LogP contribution in [0.25, 0.3) is 0 Å². The molecule has 0 aliphatic carbocycles. The number of nitrogens with one attached hydrogen (secondary N) is 2. The van der Waals surface area contributed by atoms with E-state index in [9.17, 15) is 0 Å². The molecule has 0 aliphatic heterocycles. The van der Waals surface area contributed by atoms with Crippen LogP contribution in [0, 0.1) is 18.3 Å². The summed E-state index contributed by atoms with van der Waals surface area (Å²) in [6.45, 7) is 1.83. The average molecular weight is 213 g/mol. The standard InChI is InChI=1S/C11H11N5/c1-7-14-10(13)11(15-7)16-9-4-2-8(6-12)3-5-9/h2-5,16H,13H2,1H3,(H,14,15). The van der Waals surface area contributed by atoms with Gasteiger partial charge in [-0.1, -0.05) is 0 Å². The Morgan fingerprint density at radius 2 is 2.06 bits per heavy atom. The molecule has 1 aromatic heterocycles. The molecular formula is C11H11N5. The summed E-state index contributed by atoms with van der Waals surface area (Å²) in [7, 11) is 0. The zero-order valence-corrected chi connectivity index (χ0v) is 8.78. The van der Waals surface area contributed by atoms with Crippen LogP contribution in [0.4, 0.5) is 17.3 Å². The van der Waals surface area contributed by atoms with Gasteiger partial charge < -0.3 is 16.0 Å². The third-order valence-electron chi connectivity index (χ3n) is 2.13. The molecule has 0 amide bonds. The second kappa shape index (κ2) is 3.95. The lowest BCUT2D eigenvalue weighted by Gasteiger charge is -2.03. The highest BCUT2D eigenvalue weighted by molar-refractivity contribution is 5.66. The van der Waals surface area contributed by atoms with E-state index in [0.717, 1.165) is 11.5 Å². The Labute approximate surface area is 92.9 Å². The Morgan fingerprint density at radius 1 is 1.38 bits per heavy atom. The van der Waals surface area contributed by atoms with Gasteiger partial charge in [0, 0.05) is 5.69 Å². The van der Waals surface area contributed by atoms with E-state index >= 15 is 0 Å². The summed E-state index contributed by atoms with van der Waals surface area (Å²) >= 11 is 0. The fourth-order valence-electron chi connectivity index (χ4n) is 1.37. The van der Waals surface area contributed by atoms with Crippen LogP contribution in [0.2, 0.25) is 0 Å². The number of hydrogen-bond acceptors (Lipinski definition) is 4. The Kier molecular flexibility index (Phi) is 2.48. The van der Waals surface area contributed by atoms with Gasteiger partial charge in [-0.25, -0.2) is 4.98 Å². The molecule has 5 heteroatoms. The SMILES string of the molecule is Cc1nc(Nc2ccc(C#N)cc2)c(N)[nH]1. The highest BCUT2D eigenvalue weighted by atomic mass is 15.1. The predicted octanol–water partition coefficient (Wildman–Crippen LogP) is 1.92.